The van der Waals surface area contributed by atoms with E-state index in [4.69, 9.17) is 14.0 Å². The Labute approximate surface area is 173 Å². The Morgan fingerprint density at radius 2 is 1.69 bits per heavy atom. The molecule has 3 aromatic rings. The lowest BCUT2D eigenvalue weighted by Gasteiger charge is -2.19. The standard InChI is InChI=1S/C24H30N2O3/c1-5-21-23(24(25-29-21)18-12-14-19(27-4)15-13-18)20-10-8-9-11-22(20)28-17-16-26(6-2)7-3/h8-15H,5-7,16-17H2,1-4H3. The third kappa shape index (κ3) is 4.80. The fourth-order valence-corrected chi connectivity index (χ4v) is 3.41. The summed E-state index contributed by atoms with van der Waals surface area (Å²) in [5, 5.41) is 4.39. The van der Waals surface area contributed by atoms with Crippen molar-refractivity contribution in [2.24, 2.45) is 0 Å². The third-order valence-electron chi connectivity index (χ3n) is 5.16. The zero-order valence-corrected chi connectivity index (χ0v) is 17.8. The van der Waals surface area contributed by atoms with E-state index in [9.17, 15) is 0 Å². The zero-order chi connectivity index (χ0) is 20.6. The maximum atomic E-state index is 6.19. The first kappa shape index (κ1) is 20.9. The van der Waals surface area contributed by atoms with Crippen molar-refractivity contribution in [1.82, 2.24) is 10.1 Å². The summed E-state index contributed by atoms with van der Waals surface area (Å²) < 4.78 is 17.2. The Bertz CT molecular complexity index is 899. The topological polar surface area (TPSA) is 47.7 Å². The molecule has 0 unspecified atom stereocenters. The van der Waals surface area contributed by atoms with Crippen molar-refractivity contribution in [1.29, 1.82) is 0 Å². The number of hydrogen-bond acceptors (Lipinski definition) is 5. The number of hydrogen-bond donors (Lipinski definition) is 0. The highest BCUT2D eigenvalue weighted by atomic mass is 16.5. The first-order valence-electron chi connectivity index (χ1n) is 10.3. The van der Waals surface area contributed by atoms with Gasteiger partial charge in [-0.1, -0.05) is 44.1 Å². The van der Waals surface area contributed by atoms with Crippen LogP contribution in [-0.2, 0) is 6.42 Å². The Balaban J connectivity index is 1.95. The number of ether oxygens (including phenoxy) is 2. The highest BCUT2D eigenvalue weighted by molar-refractivity contribution is 5.85. The van der Waals surface area contributed by atoms with Gasteiger partial charge in [-0.2, -0.15) is 0 Å². The Morgan fingerprint density at radius 1 is 0.966 bits per heavy atom. The van der Waals surface area contributed by atoms with Gasteiger partial charge >= 0.3 is 0 Å². The molecule has 1 heterocycles. The van der Waals surface area contributed by atoms with Crippen LogP contribution in [0.1, 0.15) is 26.5 Å². The highest BCUT2D eigenvalue weighted by Crippen LogP contribution is 2.40. The normalized spacial score (nSPS) is 11.1. The molecule has 5 heteroatoms. The molecule has 0 spiro atoms. The number of likely N-dealkylation sites (N-methyl/N-ethyl adjacent to an activating group) is 1. The largest absolute Gasteiger partial charge is 0.497 e. The van der Waals surface area contributed by atoms with Gasteiger partial charge in [0.25, 0.3) is 0 Å². The quantitative estimate of drug-likeness (QED) is 0.467. The fraction of sp³-hybridized carbons (Fsp3) is 0.375. The molecule has 0 aliphatic carbocycles. The lowest BCUT2D eigenvalue weighted by Crippen LogP contribution is -2.27. The summed E-state index contributed by atoms with van der Waals surface area (Å²) in [6.45, 7) is 10.0. The van der Waals surface area contributed by atoms with Crippen LogP contribution in [0.3, 0.4) is 0 Å². The van der Waals surface area contributed by atoms with Crippen LogP contribution in [0.25, 0.3) is 22.4 Å². The molecule has 154 valence electrons. The molecular weight excluding hydrogens is 364 g/mol. The molecule has 0 aliphatic heterocycles. The minimum atomic E-state index is 0.642. The van der Waals surface area contributed by atoms with Crippen LogP contribution in [0.2, 0.25) is 0 Å². The Morgan fingerprint density at radius 3 is 2.34 bits per heavy atom. The van der Waals surface area contributed by atoms with E-state index in [-0.39, 0.29) is 0 Å². The molecule has 2 aromatic carbocycles. The summed E-state index contributed by atoms with van der Waals surface area (Å²) in [6.07, 6.45) is 0.756. The second-order valence-electron chi connectivity index (χ2n) is 6.78. The van der Waals surface area contributed by atoms with Gasteiger partial charge in [0.1, 0.15) is 29.6 Å². The van der Waals surface area contributed by atoms with E-state index in [1.807, 2.05) is 42.5 Å². The smallest absolute Gasteiger partial charge is 0.145 e. The van der Waals surface area contributed by atoms with Gasteiger partial charge in [-0.25, -0.2) is 0 Å². The first-order valence-corrected chi connectivity index (χ1v) is 10.3. The van der Waals surface area contributed by atoms with Crippen LogP contribution in [0.5, 0.6) is 11.5 Å². The Kier molecular flexibility index (Phi) is 7.30. The van der Waals surface area contributed by atoms with Crippen molar-refractivity contribution < 1.29 is 14.0 Å². The molecule has 0 bridgehead atoms. The number of aromatic nitrogens is 1. The number of nitrogens with zero attached hydrogens (tertiary/aromatic N) is 2. The van der Waals surface area contributed by atoms with Crippen molar-refractivity contribution in [2.75, 3.05) is 33.4 Å². The fourth-order valence-electron chi connectivity index (χ4n) is 3.41. The van der Waals surface area contributed by atoms with E-state index in [0.717, 1.165) is 65.7 Å². The van der Waals surface area contributed by atoms with E-state index in [2.05, 4.69) is 36.9 Å². The summed E-state index contributed by atoms with van der Waals surface area (Å²) in [5.74, 6) is 2.53. The molecule has 3 rings (SSSR count). The monoisotopic (exact) mass is 394 g/mol. The van der Waals surface area contributed by atoms with Gasteiger partial charge in [0, 0.05) is 24.1 Å². The summed E-state index contributed by atoms with van der Waals surface area (Å²) in [5.41, 5.74) is 3.82. The molecule has 0 atom stereocenters. The van der Waals surface area contributed by atoms with Gasteiger partial charge in [0.2, 0.25) is 0 Å². The van der Waals surface area contributed by atoms with E-state index in [1.165, 1.54) is 0 Å². The second kappa shape index (κ2) is 10.1. The van der Waals surface area contributed by atoms with Crippen LogP contribution >= 0.6 is 0 Å². The summed E-state index contributed by atoms with van der Waals surface area (Å²) in [4.78, 5) is 2.35. The van der Waals surface area contributed by atoms with Crippen molar-refractivity contribution >= 4 is 0 Å². The first-order chi connectivity index (χ1) is 14.2. The van der Waals surface area contributed by atoms with Gasteiger partial charge in [0.05, 0.1) is 12.7 Å². The van der Waals surface area contributed by atoms with Crippen LogP contribution in [0.15, 0.2) is 53.1 Å². The lowest BCUT2D eigenvalue weighted by molar-refractivity contribution is 0.223. The van der Waals surface area contributed by atoms with Crippen molar-refractivity contribution in [3.8, 4) is 33.9 Å². The summed E-state index contributed by atoms with van der Waals surface area (Å²) in [7, 11) is 1.66. The predicted octanol–water partition coefficient (Wildman–Crippen LogP) is 5.30. The minimum Gasteiger partial charge on any atom is -0.497 e. The summed E-state index contributed by atoms with van der Waals surface area (Å²) in [6, 6.07) is 16.0. The second-order valence-corrected chi connectivity index (χ2v) is 6.78. The molecule has 0 fully saturated rings. The van der Waals surface area contributed by atoms with E-state index >= 15 is 0 Å². The minimum absolute atomic E-state index is 0.642. The van der Waals surface area contributed by atoms with Crippen molar-refractivity contribution in [2.45, 2.75) is 27.2 Å². The molecule has 5 nitrogen and oxygen atoms in total. The van der Waals surface area contributed by atoms with Gasteiger partial charge < -0.3 is 18.9 Å². The number of aryl methyl sites for hydroxylation is 1. The van der Waals surface area contributed by atoms with Crippen LogP contribution < -0.4 is 9.47 Å². The molecule has 0 aliphatic rings. The van der Waals surface area contributed by atoms with E-state index in [1.54, 1.807) is 7.11 Å². The van der Waals surface area contributed by atoms with Gasteiger partial charge in [0.15, 0.2) is 0 Å². The SMILES string of the molecule is CCc1onc(-c2ccc(OC)cc2)c1-c1ccccc1OCCN(CC)CC. The average Bonchev–Trinajstić information content (AvgIpc) is 3.21. The number of para-hydroxylation sites is 1. The molecule has 29 heavy (non-hydrogen) atoms. The van der Waals surface area contributed by atoms with Crippen LogP contribution in [0, 0.1) is 0 Å². The Hall–Kier alpha value is -2.79. The molecule has 0 amide bonds. The van der Waals surface area contributed by atoms with E-state index in [0.29, 0.717) is 6.61 Å². The van der Waals surface area contributed by atoms with Crippen molar-refractivity contribution in [3.63, 3.8) is 0 Å². The zero-order valence-electron chi connectivity index (χ0n) is 17.8. The maximum Gasteiger partial charge on any atom is 0.145 e. The molecule has 0 radical (unpaired) electrons. The number of methoxy groups -OCH3 is 1. The third-order valence-corrected chi connectivity index (χ3v) is 5.16. The molecule has 0 N–H and O–H groups in total. The molecular formula is C24H30N2O3. The highest BCUT2D eigenvalue weighted by Gasteiger charge is 2.21. The lowest BCUT2D eigenvalue weighted by atomic mass is 9.97. The number of rotatable bonds is 10. The van der Waals surface area contributed by atoms with Crippen LogP contribution in [-0.4, -0.2) is 43.4 Å². The number of benzene rings is 2. The molecule has 0 saturated carbocycles. The maximum absolute atomic E-state index is 6.19. The van der Waals surface area contributed by atoms with Gasteiger partial charge in [-0.05, 0) is 43.4 Å². The van der Waals surface area contributed by atoms with E-state index < -0.39 is 0 Å². The van der Waals surface area contributed by atoms with Crippen molar-refractivity contribution in [3.05, 3.63) is 54.3 Å². The molecule has 1 aromatic heterocycles. The predicted molar refractivity (Wildman–Crippen MR) is 117 cm³/mol. The summed E-state index contributed by atoms with van der Waals surface area (Å²) >= 11 is 0. The molecule has 0 saturated heterocycles. The van der Waals surface area contributed by atoms with Gasteiger partial charge in [-0.15, -0.1) is 0 Å². The van der Waals surface area contributed by atoms with Crippen LogP contribution in [0.4, 0.5) is 0 Å². The van der Waals surface area contributed by atoms with Gasteiger partial charge in [-0.3, -0.25) is 0 Å². The average molecular weight is 395 g/mol.